The minimum atomic E-state index is 0.505. The predicted molar refractivity (Wildman–Crippen MR) is 62.6 cm³/mol. The van der Waals surface area contributed by atoms with Gasteiger partial charge in [0.15, 0.2) is 11.5 Å². The number of rotatable bonds is 4. The summed E-state index contributed by atoms with van der Waals surface area (Å²) in [5.74, 6) is 1.24. The third-order valence-corrected chi connectivity index (χ3v) is 2.02. The summed E-state index contributed by atoms with van der Waals surface area (Å²) < 4.78 is 10.7. The van der Waals surface area contributed by atoms with Gasteiger partial charge in [0.2, 0.25) is 0 Å². The zero-order chi connectivity index (χ0) is 12.0. The number of hydrogen-bond donors (Lipinski definition) is 0. The highest BCUT2D eigenvalue weighted by Gasteiger charge is 2.04. The van der Waals surface area contributed by atoms with Gasteiger partial charge < -0.3 is 9.47 Å². The van der Waals surface area contributed by atoms with Gasteiger partial charge in [-0.05, 0) is 32.1 Å². The van der Waals surface area contributed by atoms with Gasteiger partial charge in [-0.1, -0.05) is 5.57 Å². The average Bonchev–Trinajstić information content (AvgIpc) is 2.29. The van der Waals surface area contributed by atoms with E-state index in [2.05, 4.69) is 6.07 Å². The lowest BCUT2D eigenvalue weighted by molar-refractivity contribution is 0.325. The zero-order valence-electron chi connectivity index (χ0n) is 9.78. The minimum Gasteiger partial charge on any atom is -0.493 e. The van der Waals surface area contributed by atoms with Crippen molar-refractivity contribution in [2.24, 2.45) is 0 Å². The maximum atomic E-state index is 8.74. The molecule has 0 fully saturated rings. The fourth-order valence-electron chi connectivity index (χ4n) is 1.15. The molecule has 16 heavy (non-hydrogen) atoms. The molecule has 1 aromatic rings. The highest BCUT2D eigenvalue weighted by molar-refractivity contribution is 5.46. The fourth-order valence-corrected chi connectivity index (χ4v) is 1.15. The van der Waals surface area contributed by atoms with Crippen LogP contribution in [0.1, 0.15) is 19.4 Å². The van der Waals surface area contributed by atoms with E-state index in [1.165, 1.54) is 5.57 Å². The first-order chi connectivity index (χ1) is 7.67. The zero-order valence-corrected chi connectivity index (χ0v) is 9.78. The van der Waals surface area contributed by atoms with Gasteiger partial charge in [-0.25, -0.2) is 0 Å². The summed E-state index contributed by atoms with van der Waals surface area (Å²) in [6.07, 6.45) is 1.98. The van der Waals surface area contributed by atoms with Gasteiger partial charge >= 0.3 is 0 Å². The molecule has 0 spiro atoms. The Hall–Kier alpha value is -1.95. The van der Waals surface area contributed by atoms with Crippen LogP contribution in [-0.4, -0.2) is 13.7 Å². The van der Waals surface area contributed by atoms with Gasteiger partial charge in [0, 0.05) is 6.07 Å². The maximum absolute atomic E-state index is 8.74. The second-order valence-corrected chi connectivity index (χ2v) is 3.57. The standard InChI is InChI=1S/C13H15NO2/c1-10(2)6-7-16-12-5-4-11(9-14)8-13(12)15-3/h4-6,8H,7H2,1-3H3. The third-order valence-electron chi connectivity index (χ3n) is 2.02. The number of benzene rings is 1. The molecule has 0 aliphatic heterocycles. The maximum Gasteiger partial charge on any atom is 0.162 e. The first-order valence-corrected chi connectivity index (χ1v) is 5.01. The third kappa shape index (κ3) is 3.32. The lowest BCUT2D eigenvalue weighted by Crippen LogP contribution is -1.97. The summed E-state index contributed by atoms with van der Waals surface area (Å²) in [7, 11) is 1.56. The number of allylic oxidation sites excluding steroid dienone is 1. The molecule has 0 amide bonds. The number of hydrogen-bond acceptors (Lipinski definition) is 3. The molecule has 0 bridgehead atoms. The number of nitrogens with zero attached hydrogens (tertiary/aromatic N) is 1. The van der Waals surface area contributed by atoms with Crippen molar-refractivity contribution in [1.82, 2.24) is 0 Å². The largest absolute Gasteiger partial charge is 0.493 e. The molecule has 0 aromatic heterocycles. The van der Waals surface area contributed by atoms with Gasteiger partial charge in [-0.3, -0.25) is 0 Å². The Morgan fingerprint density at radius 1 is 1.38 bits per heavy atom. The Balaban J connectivity index is 2.80. The smallest absolute Gasteiger partial charge is 0.162 e. The first-order valence-electron chi connectivity index (χ1n) is 5.01. The second-order valence-electron chi connectivity index (χ2n) is 3.57. The molecular weight excluding hydrogens is 202 g/mol. The number of nitriles is 1. The molecule has 0 atom stereocenters. The van der Waals surface area contributed by atoms with Crippen molar-refractivity contribution in [3.8, 4) is 17.6 Å². The SMILES string of the molecule is COc1cc(C#N)ccc1OCC=C(C)C. The average molecular weight is 217 g/mol. The van der Waals surface area contributed by atoms with Crippen LogP contribution in [0.4, 0.5) is 0 Å². The van der Waals surface area contributed by atoms with Crippen LogP contribution in [0, 0.1) is 11.3 Å². The molecule has 0 saturated carbocycles. The van der Waals surface area contributed by atoms with E-state index < -0.39 is 0 Å². The predicted octanol–water partition coefficient (Wildman–Crippen LogP) is 2.91. The van der Waals surface area contributed by atoms with Gasteiger partial charge in [0.05, 0.1) is 18.7 Å². The molecule has 1 aromatic carbocycles. The van der Waals surface area contributed by atoms with E-state index in [0.29, 0.717) is 23.7 Å². The molecule has 0 radical (unpaired) electrons. The summed E-state index contributed by atoms with van der Waals surface area (Å²) in [5, 5.41) is 8.74. The second kappa shape index (κ2) is 5.82. The van der Waals surface area contributed by atoms with Crippen LogP contribution in [0.25, 0.3) is 0 Å². The molecule has 0 unspecified atom stereocenters. The van der Waals surface area contributed by atoms with Crippen molar-refractivity contribution >= 4 is 0 Å². The quantitative estimate of drug-likeness (QED) is 0.728. The van der Waals surface area contributed by atoms with Crippen molar-refractivity contribution in [2.45, 2.75) is 13.8 Å². The van der Waals surface area contributed by atoms with Crippen LogP contribution in [-0.2, 0) is 0 Å². The van der Waals surface area contributed by atoms with Gasteiger partial charge in [0.1, 0.15) is 6.61 Å². The Labute approximate surface area is 95.9 Å². The number of ether oxygens (including phenoxy) is 2. The van der Waals surface area contributed by atoms with E-state index in [1.54, 1.807) is 25.3 Å². The van der Waals surface area contributed by atoms with Crippen LogP contribution in [0.3, 0.4) is 0 Å². The highest BCUT2D eigenvalue weighted by atomic mass is 16.5. The van der Waals surface area contributed by atoms with Crippen LogP contribution in [0.5, 0.6) is 11.5 Å². The van der Waals surface area contributed by atoms with Crippen LogP contribution in [0.15, 0.2) is 29.8 Å². The lowest BCUT2D eigenvalue weighted by atomic mass is 10.2. The lowest BCUT2D eigenvalue weighted by Gasteiger charge is -2.09. The first kappa shape index (κ1) is 12.1. The summed E-state index contributed by atoms with van der Waals surface area (Å²) in [6, 6.07) is 7.18. The van der Waals surface area contributed by atoms with E-state index in [9.17, 15) is 0 Å². The van der Waals surface area contributed by atoms with Crippen molar-refractivity contribution in [3.05, 3.63) is 35.4 Å². The van der Waals surface area contributed by atoms with Gasteiger partial charge in [-0.15, -0.1) is 0 Å². The van der Waals surface area contributed by atoms with E-state index >= 15 is 0 Å². The molecule has 0 aliphatic carbocycles. The molecule has 3 heteroatoms. The summed E-state index contributed by atoms with van der Waals surface area (Å²) in [4.78, 5) is 0. The van der Waals surface area contributed by atoms with Crippen LogP contribution < -0.4 is 9.47 Å². The van der Waals surface area contributed by atoms with Crippen LogP contribution in [0.2, 0.25) is 0 Å². The fraction of sp³-hybridized carbons (Fsp3) is 0.308. The molecule has 3 nitrogen and oxygen atoms in total. The Bertz CT molecular complexity index is 426. The molecule has 0 heterocycles. The van der Waals surface area contributed by atoms with E-state index in [0.717, 1.165) is 0 Å². The Kier molecular flexibility index (Phi) is 4.41. The molecule has 0 N–H and O–H groups in total. The van der Waals surface area contributed by atoms with Crippen LogP contribution >= 0.6 is 0 Å². The van der Waals surface area contributed by atoms with E-state index in [4.69, 9.17) is 14.7 Å². The van der Waals surface area contributed by atoms with Crippen molar-refractivity contribution in [2.75, 3.05) is 13.7 Å². The summed E-state index contributed by atoms with van der Waals surface area (Å²) >= 11 is 0. The van der Waals surface area contributed by atoms with Crippen molar-refractivity contribution < 1.29 is 9.47 Å². The van der Waals surface area contributed by atoms with Crippen molar-refractivity contribution in [3.63, 3.8) is 0 Å². The topological polar surface area (TPSA) is 42.2 Å². The molecule has 1 rings (SSSR count). The van der Waals surface area contributed by atoms with E-state index in [1.807, 2.05) is 19.9 Å². The monoisotopic (exact) mass is 217 g/mol. The minimum absolute atomic E-state index is 0.505. The normalized spacial score (nSPS) is 9.12. The molecule has 0 saturated heterocycles. The molecule has 84 valence electrons. The highest BCUT2D eigenvalue weighted by Crippen LogP contribution is 2.27. The Morgan fingerprint density at radius 2 is 2.12 bits per heavy atom. The van der Waals surface area contributed by atoms with Gasteiger partial charge in [0.25, 0.3) is 0 Å². The Morgan fingerprint density at radius 3 is 2.69 bits per heavy atom. The molecular formula is C13H15NO2. The van der Waals surface area contributed by atoms with Gasteiger partial charge in [-0.2, -0.15) is 5.26 Å². The molecule has 0 aliphatic rings. The van der Waals surface area contributed by atoms with E-state index in [-0.39, 0.29) is 0 Å². The summed E-state index contributed by atoms with van der Waals surface area (Å²) in [6.45, 7) is 4.53. The summed E-state index contributed by atoms with van der Waals surface area (Å²) in [5.41, 5.74) is 1.76. The van der Waals surface area contributed by atoms with Crippen molar-refractivity contribution in [1.29, 1.82) is 5.26 Å². The number of methoxy groups -OCH3 is 1.